The quantitative estimate of drug-likeness (QED) is 0.465. The van der Waals surface area contributed by atoms with Crippen molar-refractivity contribution in [1.29, 1.82) is 0 Å². The number of carbonyl (C=O) groups excluding carboxylic acids is 1. The van der Waals surface area contributed by atoms with Gasteiger partial charge in [-0.15, -0.1) is 0 Å². The van der Waals surface area contributed by atoms with Crippen LogP contribution in [-0.4, -0.2) is 63.8 Å². The molecule has 0 saturated carbocycles. The summed E-state index contributed by atoms with van der Waals surface area (Å²) in [4.78, 5) is 22.0. The summed E-state index contributed by atoms with van der Waals surface area (Å²) in [5, 5.41) is 0.656. The molecule has 166 valence electrons. The number of amides is 1. The van der Waals surface area contributed by atoms with Crippen LogP contribution in [0, 0.1) is 0 Å². The first-order chi connectivity index (χ1) is 15.0. The van der Waals surface area contributed by atoms with Crippen molar-refractivity contribution in [2.75, 3.05) is 52.9 Å². The van der Waals surface area contributed by atoms with Crippen molar-refractivity contribution in [2.45, 2.75) is 13.3 Å². The third kappa shape index (κ3) is 5.45. The van der Waals surface area contributed by atoms with Gasteiger partial charge in [0.15, 0.2) is 16.6 Å². The Morgan fingerprint density at radius 3 is 2.32 bits per heavy atom. The second kappa shape index (κ2) is 10.5. The van der Waals surface area contributed by atoms with Gasteiger partial charge in [-0.3, -0.25) is 9.69 Å². The van der Waals surface area contributed by atoms with Crippen molar-refractivity contribution in [2.24, 2.45) is 0 Å². The van der Waals surface area contributed by atoms with E-state index >= 15 is 0 Å². The monoisotopic (exact) mass is 443 g/mol. The van der Waals surface area contributed by atoms with Crippen LogP contribution in [0.5, 0.6) is 17.2 Å². The summed E-state index contributed by atoms with van der Waals surface area (Å²) >= 11 is 1.47. The number of nitrogens with zero attached hydrogens (tertiary/aromatic N) is 3. The van der Waals surface area contributed by atoms with E-state index in [2.05, 4.69) is 4.90 Å². The summed E-state index contributed by atoms with van der Waals surface area (Å²) < 4.78 is 17.2. The zero-order chi connectivity index (χ0) is 22.4. The number of hydrogen-bond donors (Lipinski definition) is 0. The zero-order valence-corrected chi connectivity index (χ0v) is 19.5. The van der Waals surface area contributed by atoms with Crippen LogP contribution in [0.25, 0.3) is 10.2 Å². The van der Waals surface area contributed by atoms with E-state index in [1.807, 2.05) is 45.3 Å². The van der Waals surface area contributed by atoms with E-state index < -0.39 is 0 Å². The Hall–Kier alpha value is -2.84. The number of ether oxygens (including phenoxy) is 3. The molecular weight excluding hydrogens is 414 g/mol. The fourth-order valence-electron chi connectivity index (χ4n) is 3.20. The lowest BCUT2D eigenvalue weighted by molar-refractivity contribution is 0.0986. The van der Waals surface area contributed by atoms with Gasteiger partial charge in [0.1, 0.15) is 5.75 Å². The second-order valence-corrected chi connectivity index (χ2v) is 8.25. The SMILES string of the molecule is CCOc1ccc(C(=O)N(CCCN(C)C)c2nc3cc(OC)c(OC)cc3s2)cc1. The highest BCUT2D eigenvalue weighted by Gasteiger charge is 2.22. The minimum absolute atomic E-state index is 0.0835. The van der Waals surface area contributed by atoms with Gasteiger partial charge in [0, 0.05) is 24.2 Å². The lowest BCUT2D eigenvalue weighted by atomic mass is 10.2. The number of methoxy groups -OCH3 is 2. The molecule has 8 heteroatoms. The molecule has 0 N–H and O–H groups in total. The number of aromatic nitrogens is 1. The summed E-state index contributed by atoms with van der Waals surface area (Å²) in [5.41, 5.74) is 1.37. The molecule has 31 heavy (non-hydrogen) atoms. The molecule has 0 aliphatic heterocycles. The number of anilines is 1. The van der Waals surface area contributed by atoms with Gasteiger partial charge in [-0.05, 0) is 58.3 Å². The first kappa shape index (κ1) is 22.8. The van der Waals surface area contributed by atoms with Gasteiger partial charge in [-0.1, -0.05) is 11.3 Å². The Morgan fingerprint density at radius 1 is 1.03 bits per heavy atom. The van der Waals surface area contributed by atoms with E-state index in [4.69, 9.17) is 19.2 Å². The van der Waals surface area contributed by atoms with E-state index in [0.29, 0.717) is 35.3 Å². The number of fused-ring (bicyclic) bond motifs is 1. The van der Waals surface area contributed by atoms with Crippen LogP contribution in [0.2, 0.25) is 0 Å². The van der Waals surface area contributed by atoms with Crippen LogP contribution in [0.15, 0.2) is 36.4 Å². The smallest absolute Gasteiger partial charge is 0.260 e. The van der Waals surface area contributed by atoms with Crippen molar-refractivity contribution in [3.8, 4) is 17.2 Å². The van der Waals surface area contributed by atoms with Gasteiger partial charge in [-0.2, -0.15) is 0 Å². The van der Waals surface area contributed by atoms with Crippen molar-refractivity contribution in [1.82, 2.24) is 9.88 Å². The lowest BCUT2D eigenvalue weighted by Gasteiger charge is -2.21. The topological polar surface area (TPSA) is 64.1 Å². The largest absolute Gasteiger partial charge is 0.494 e. The zero-order valence-electron chi connectivity index (χ0n) is 18.7. The third-order valence-corrected chi connectivity index (χ3v) is 5.80. The molecule has 3 rings (SSSR count). The summed E-state index contributed by atoms with van der Waals surface area (Å²) in [6.07, 6.45) is 0.832. The first-order valence-electron chi connectivity index (χ1n) is 10.2. The molecule has 0 radical (unpaired) electrons. The number of benzene rings is 2. The highest BCUT2D eigenvalue weighted by molar-refractivity contribution is 7.22. The first-order valence-corrected chi connectivity index (χ1v) is 11.0. The molecule has 0 atom stereocenters. The average molecular weight is 444 g/mol. The summed E-state index contributed by atoms with van der Waals surface area (Å²) in [5.74, 6) is 1.92. The molecule has 7 nitrogen and oxygen atoms in total. The Morgan fingerprint density at radius 2 is 1.71 bits per heavy atom. The van der Waals surface area contributed by atoms with Crippen LogP contribution in [0.4, 0.5) is 5.13 Å². The highest BCUT2D eigenvalue weighted by Crippen LogP contribution is 2.37. The van der Waals surface area contributed by atoms with E-state index in [1.54, 1.807) is 31.3 Å². The number of carbonyl (C=O) groups is 1. The fraction of sp³-hybridized carbons (Fsp3) is 0.391. The van der Waals surface area contributed by atoms with E-state index in [9.17, 15) is 4.79 Å². The molecule has 0 saturated heterocycles. The second-order valence-electron chi connectivity index (χ2n) is 7.24. The van der Waals surface area contributed by atoms with Gasteiger partial charge >= 0.3 is 0 Å². The van der Waals surface area contributed by atoms with Crippen molar-refractivity contribution in [3.05, 3.63) is 42.0 Å². The summed E-state index contributed by atoms with van der Waals surface area (Å²) in [6.45, 7) is 3.96. The number of thiazole rings is 1. The standard InChI is InChI=1S/C23H29N3O4S/c1-6-30-17-10-8-16(9-11-17)22(27)26(13-7-12-25(2)3)23-24-18-14-19(28-4)20(29-5)15-21(18)31-23/h8-11,14-15H,6-7,12-13H2,1-5H3. The molecule has 0 aliphatic carbocycles. The summed E-state index contributed by atoms with van der Waals surface area (Å²) in [6, 6.07) is 11.0. The number of rotatable bonds is 10. The average Bonchev–Trinajstić information content (AvgIpc) is 3.18. The maximum absolute atomic E-state index is 13.4. The molecule has 3 aromatic rings. The molecule has 0 fully saturated rings. The van der Waals surface area contributed by atoms with Gasteiger partial charge < -0.3 is 19.1 Å². The third-order valence-electron chi connectivity index (χ3n) is 4.76. The van der Waals surface area contributed by atoms with Crippen LogP contribution in [0.3, 0.4) is 0 Å². The normalized spacial score (nSPS) is 11.0. The van der Waals surface area contributed by atoms with Crippen LogP contribution >= 0.6 is 11.3 Å². The number of hydrogen-bond acceptors (Lipinski definition) is 7. The molecule has 0 bridgehead atoms. The van der Waals surface area contributed by atoms with Crippen molar-refractivity contribution >= 4 is 32.6 Å². The lowest BCUT2D eigenvalue weighted by Crippen LogP contribution is -2.33. The molecule has 0 aliphatic rings. The predicted octanol–water partition coefficient (Wildman–Crippen LogP) is 4.31. The minimum atomic E-state index is -0.0835. The Balaban J connectivity index is 1.94. The van der Waals surface area contributed by atoms with Gasteiger partial charge in [-0.25, -0.2) is 4.98 Å². The molecule has 1 heterocycles. The van der Waals surface area contributed by atoms with Crippen molar-refractivity contribution in [3.63, 3.8) is 0 Å². The Labute approximate surface area is 187 Å². The fourth-order valence-corrected chi connectivity index (χ4v) is 4.20. The Kier molecular flexibility index (Phi) is 7.70. The molecule has 1 amide bonds. The molecular formula is C23H29N3O4S. The predicted molar refractivity (Wildman–Crippen MR) is 125 cm³/mol. The van der Waals surface area contributed by atoms with Gasteiger partial charge in [0.2, 0.25) is 0 Å². The van der Waals surface area contributed by atoms with E-state index in [1.165, 1.54) is 11.3 Å². The maximum Gasteiger partial charge on any atom is 0.260 e. The van der Waals surface area contributed by atoms with E-state index in [0.717, 1.165) is 28.9 Å². The maximum atomic E-state index is 13.4. The molecule has 0 unspecified atom stereocenters. The van der Waals surface area contributed by atoms with Gasteiger partial charge in [0.05, 0.1) is 31.0 Å². The molecule has 2 aromatic carbocycles. The Bertz CT molecular complexity index is 977. The van der Waals surface area contributed by atoms with Crippen LogP contribution in [-0.2, 0) is 0 Å². The highest BCUT2D eigenvalue weighted by atomic mass is 32.1. The van der Waals surface area contributed by atoms with Gasteiger partial charge in [0.25, 0.3) is 5.91 Å². The molecule has 1 aromatic heterocycles. The van der Waals surface area contributed by atoms with Crippen LogP contribution in [0.1, 0.15) is 23.7 Å². The minimum Gasteiger partial charge on any atom is -0.494 e. The van der Waals surface area contributed by atoms with Crippen LogP contribution < -0.4 is 19.1 Å². The van der Waals surface area contributed by atoms with E-state index in [-0.39, 0.29) is 5.91 Å². The van der Waals surface area contributed by atoms with Crippen molar-refractivity contribution < 1.29 is 19.0 Å². The summed E-state index contributed by atoms with van der Waals surface area (Å²) in [7, 11) is 7.25. The molecule has 0 spiro atoms.